The fourth-order valence-electron chi connectivity index (χ4n) is 3.74. The van der Waals surface area contributed by atoms with Gasteiger partial charge in [-0.2, -0.15) is 13.5 Å². The summed E-state index contributed by atoms with van der Waals surface area (Å²) in [7, 11) is -7.45. The monoisotopic (exact) mass is 578 g/mol. The van der Waals surface area contributed by atoms with E-state index in [-0.39, 0.29) is 29.1 Å². The molecule has 1 aliphatic rings. The number of sulfone groups is 1. The van der Waals surface area contributed by atoms with E-state index in [9.17, 15) is 16.8 Å². The van der Waals surface area contributed by atoms with Crippen LogP contribution in [0.4, 0.5) is 5.69 Å². The van der Waals surface area contributed by atoms with Crippen molar-refractivity contribution >= 4 is 60.3 Å². The van der Waals surface area contributed by atoms with E-state index in [0.717, 1.165) is 17.5 Å². The Morgan fingerprint density at radius 2 is 1.54 bits per heavy atom. The maximum atomic E-state index is 13.1. The summed E-state index contributed by atoms with van der Waals surface area (Å²) in [5, 5.41) is 10.4. The molecule has 8 nitrogen and oxygen atoms in total. The van der Waals surface area contributed by atoms with Crippen molar-refractivity contribution in [2.45, 2.75) is 17.4 Å². The normalized spacial score (nSPS) is 16.5. The number of halogens is 2. The fraction of sp³-hybridized carbons (Fsp3) is 0.200. The Bertz CT molecular complexity index is 1530. The van der Waals surface area contributed by atoms with Crippen molar-refractivity contribution < 1.29 is 16.8 Å². The fourth-order valence-corrected chi connectivity index (χ4v) is 5.46. The lowest BCUT2D eigenvalue weighted by molar-refractivity contribution is 0.597. The summed E-state index contributed by atoms with van der Waals surface area (Å²) in [5.74, 6) is -0.223. The second kappa shape index (κ2) is 11.2. The Hall–Kier alpha value is -2.92. The molecule has 1 heterocycles. The molecule has 1 aliphatic heterocycles. The summed E-state index contributed by atoms with van der Waals surface area (Å²) in [6.45, 7) is -0.0379. The van der Waals surface area contributed by atoms with Gasteiger partial charge in [0, 0.05) is 29.3 Å². The van der Waals surface area contributed by atoms with E-state index in [2.05, 4.69) is 9.71 Å². The van der Waals surface area contributed by atoms with Gasteiger partial charge in [0.25, 0.3) is 10.0 Å². The molecule has 4 rings (SSSR count). The zero-order valence-corrected chi connectivity index (χ0v) is 22.9. The number of hydrazone groups is 1. The highest BCUT2D eigenvalue weighted by Gasteiger charge is 2.32. The predicted octanol–water partition coefficient (Wildman–Crippen LogP) is 4.72. The molecular formula is C25H24Cl2N4O4S2. The van der Waals surface area contributed by atoms with Crippen molar-refractivity contribution in [3.63, 3.8) is 0 Å². The number of amidine groups is 1. The van der Waals surface area contributed by atoms with E-state index < -0.39 is 19.9 Å². The first-order valence-corrected chi connectivity index (χ1v) is 15.5. The van der Waals surface area contributed by atoms with Gasteiger partial charge in [-0.1, -0.05) is 53.5 Å². The maximum Gasteiger partial charge on any atom is 0.284 e. The summed E-state index contributed by atoms with van der Waals surface area (Å²) in [6.07, 6.45) is 1.43. The van der Waals surface area contributed by atoms with E-state index in [4.69, 9.17) is 28.3 Å². The maximum absolute atomic E-state index is 13.1. The third-order valence-corrected chi connectivity index (χ3v) is 8.29. The van der Waals surface area contributed by atoms with Crippen LogP contribution in [0.2, 0.25) is 10.0 Å². The van der Waals surface area contributed by atoms with Crippen molar-refractivity contribution in [3.05, 3.63) is 94.5 Å². The zero-order valence-electron chi connectivity index (χ0n) is 19.8. The van der Waals surface area contributed by atoms with Gasteiger partial charge < -0.3 is 5.32 Å². The minimum Gasteiger partial charge on any atom is -0.367 e. The average molecular weight is 580 g/mol. The highest BCUT2D eigenvalue weighted by molar-refractivity contribution is 7.90. The number of benzene rings is 3. The Balaban J connectivity index is 1.76. The topological polar surface area (TPSA) is 108 Å². The van der Waals surface area contributed by atoms with Crippen LogP contribution in [0.3, 0.4) is 0 Å². The smallest absolute Gasteiger partial charge is 0.284 e. The summed E-state index contributed by atoms with van der Waals surface area (Å²) in [4.78, 5) is -0.0490. The molecule has 0 fully saturated rings. The second-order valence-electron chi connectivity index (χ2n) is 8.42. The van der Waals surface area contributed by atoms with E-state index in [1.54, 1.807) is 17.1 Å². The van der Waals surface area contributed by atoms with Crippen molar-refractivity contribution in [2.24, 2.45) is 9.50 Å². The Morgan fingerprint density at radius 1 is 0.946 bits per heavy atom. The molecule has 37 heavy (non-hydrogen) atoms. The number of nitrogens with zero attached hydrogens (tertiary/aromatic N) is 3. The molecule has 0 aromatic heterocycles. The van der Waals surface area contributed by atoms with Crippen LogP contribution in [0.15, 0.2) is 93.3 Å². The zero-order chi connectivity index (χ0) is 26.6. The van der Waals surface area contributed by atoms with Crippen molar-refractivity contribution in [2.75, 3.05) is 23.6 Å². The molecular weight excluding hydrogens is 555 g/mol. The third-order valence-electron chi connectivity index (χ3n) is 5.55. The molecule has 0 unspecified atom stereocenters. The van der Waals surface area contributed by atoms with Gasteiger partial charge in [0.05, 0.1) is 22.4 Å². The Kier molecular flexibility index (Phi) is 8.23. The second-order valence-corrected chi connectivity index (χ2v) is 13.2. The molecule has 12 heteroatoms. The van der Waals surface area contributed by atoms with Gasteiger partial charge in [0.2, 0.25) is 0 Å². The van der Waals surface area contributed by atoms with E-state index >= 15 is 0 Å². The lowest BCUT2D eigenvalue weighted by atomic mass is 10.0. The van der Waals surface area contributed by atoms with Gasteiger partial charge in [-0.15, -0.1) is 4.40 Å². The van der Waals surface area contributed by atoms with Crippen LogP contribution in [-0.2, 0) is 19.9 Å². The average Bonchev–Trinajstić information content (AvgIpc) is 3.29. The molecule has 1 N–H and O–H groups in total. The molecule has 194 valence electrons. The van der Waals surface area contributed by atoms with Gasteiger partial charge in [-0.3, -0.25) is 5.01 Å². The Labute approximate surface area is 226 Å². The van der Waals surface area contributed by atoms with Crippen LogP contribution in [0.5, 0.6) is 0 Å². The quantitative estimate of drug-likeness (QED) is 0.306. The lowest BCUT2D eigenvalue weighted by Crippen LogP contribution is -2.35. The number of anilines is 1. The molecule has 0 saturated heterocycles. The summed E-state index contributed by atoms with van der Waals surface area (Å²) in [6, 6.07) is 22.2. The van der Waals surface area contributed by atoms with Gasteiger partial charge in [-0.25, -0.2) is 8.42 Å². The molecule has 0 amide bonds. The van der Waals surface area contributed by atoms with Crippen molar-refractivity contribution in [3.8, 4) is 0 Å². The summed E-state index contributed by atoms with van der Waals surface area (Å²) < 4.78 is 53.7. The SMILES string of the molecule is CS(=O)(=O)CCN/C(=N\S(=O)(=O)c1ccc(Cl)cc1)C1=NN(c2ccc(Cl)cc2)[C@H](c2ccccc2)C1. The van der Waals surface area contributed by atoms with Crippen LogP contribution >= 0.6 is 23.2 Å². The van der Waals surface area contributed by atoms with E-state index in [0.29, 0.717) is 22.2 Å². The minimum absolute atomic E-state index is 0.0176. The van der Waals surface area contributed by atoms with Crippen LogP contribution in [0, 0.1) is 0 Å². The number of hydrogen-bond donors (Lipinski definition) is 1. The molecule has 3 aromatic rings. The van der Waals surface area contributed by atoms with Crippen molar-refractivity contribution in [1.29, 1.82) is 0 Å². The van der Waals surface area contributed by atoms with Crippen LogP contribution in [0.1, 0.15) is 18.0 Å². The number of rotatable bonds is 8. The first kappa shape index (κ1) is 27.1. The molecule has 0 spiro atoms. The molecule has 3 aromatic carbocycles. The molecule has 0 aliphatic carbocycles. The first-order chi connectivity index (χ1) is 17.5. The number of hydrogen-bond acceptors (Lipinski definition) is 6. The Morgan fingerprint density at radius 3 is 2.14 bits per heavy atom. The van der Waals surface area contributed by atoms with Gasteiger partial charge in [0.1, 0.15) is 15.5 Å². The number of sulfonamides is 1. The third kappa shape index (κ3) is 7.10. The van der Waals surface area contributed by atoms with Gasteiger partial charge >= 0.3 is 0 Å². The lowest BCUT2D eigenvalue weighted by Gasteiger charge is -2.24. The van der Waals surface area contributed by atoms with Crippen LogP contribution in [0.25, 0.3) is 0 Å². The molecule has 1 atom stereocenters. The standard InChI is InChI=1S/C25H24Cl2N4O4S2/c1-36(32,33)16-15-28-25(30-37(34,35)22-13-9-20(27)10-14-22)23-17-24(18-5-3-2-4-6-18)31(29-23)21-11-7-19(26)8-12-21/h2-14,24H,15-17H2,1H3,(H,28,30)/t24-/m0/s1. The largest absolute Gasteiger partial charge is 0.367 e. The van der Waals surface area contributed by atoms with Gasteiger partial charge in [0.15, 0.2) is 5.84 Å². The molecule has 0 bridgehead atoms. The number of nitrogens with one attached hydrogen (secondary N) is 1. The summed E-state index contributed by atoms with van der Waals surface area (Å²) in [5.41, 5.74) is 2.09. The molecule has 0 radical (unpaired) electrons. The highest BCUT2D eigenvalue weighted by atomic mass is 35.5. The van der Waals surface area contributed by atoms with Crippen LogP contribution in [-0.4, -0.2) is 46.9 Å². The van der Waals surface area contributed by atoms with Crippen LogP contribution < -0.4 is 10.3 Å². The molecule has 0 saturated carbocycles. The van der Waals surface area contributed by atoms with E-state index in [1.807, 2.05) is 42.5 Å². The first-order valence-electron chi connectivity index (χ1n) is 11.2. The van der Waals surface area contributed by atoms with E-state index in [1.165, 1.54) is 24.3 Å². The highest BCUT2D eigenvalue weighted by Crippen LogP contribution is 2.36. The predicted molar refractivity (Wildman–Crippen MR) is 149 cm³/mol. The summed E-state index contributed by atoms with van der Waals surface area (Å²) >= 11 is 12.0. The van der Waals surface area contributed by atoms with Gasteiger partial charge in [-0.05, 0) is 54.1 Å². The van der Waals surface area contributed by atoms with Crippen molar-refractivity contribution in [1.82, 2.24) is 5.32 Å². The minimum atomic E-state index is -4.15.